The van der Waals surface area contributed by atoms with Crippen molar-refractivity contribution in [2.75, 3.05) is 45.1 Å². The molecule has 0 saturated heterocycles. The smallest absolute Gasteiger partial charge is 0.119 e. The van der Waals surface area contributed by atoms with Gasteiger partial charge in [0.1, 0.15) is 5.75 Å². The Morgan fingerprint density at radius 3 is 2.58 bits per heavy atom. The third-order valence-electron chi connectivity index (χ3n) is 2.58. The van der Waals surface area contributed by atoms with Crippen molar-refractivity contribution in [3.05, 3.63) is 29.8 Å². The Labute approximate surface area is 128 Å². The summed E-state index contributed by atoms with van der Waals surface area (Å²) in [6.45, 7) is 2.38. The fraction of sp³-hybridized carbons (Fsp3) is 0.571. The Kier molecular flexibility index (Phi) is 9.15. The van der Waals surface area contributed by atoms with E-state index in [9.17, 15) is 0 Å². The summed E-state index contributed by atoms with van der Waals surface area (Å²) in [6, 6.07) is 7.97. The lowest BCUT2D eigenvalue weighted by Gasteiger charge is -2.16. The lowest BCUT2D eigenvalue weighted by atomic mass is 10.1. The highest BCUT2D eigenvalue weighted by molar-refractivity contribution is 14.1. The zero-order valence-electron chi connectivity index (χ0n) is 11.4. The van der Waals surface area contributed by atoms with Gasteiger partial charge in [0.15, 0.2) is 0 Å². The van der Waals surface area contributed by atoms with Gasteiger partial charge in [-0.15, -0.1) is 0 Å². The predicted octanol–water partition coefficient (Wildman–Crippen LogP) is 2.85. The molecule has 0 spiro atoms. The Hall–Kier alpha value is -0.370. The van der Waals surface area contributed by atoms with Crippen LogP contribution in [0.15, 0.2) is 24.3 Å². The van der Waals surface area contributed by atoms with E-state index in [-0.39, 0.29) is 6.10 Å². The van der Waals surface area contributed by atoms with Gasteiger partial charge in [-0.3, -0.25) is 0 Å². The average Bonchev–Trinajstić information content (AvgIpc) is 2.46. The van der Waals surface area contributed by atoms with Gasteiger partial charge in [0.25, 0.3) is 0 Å². The van der Waals surface area contributed by atoms with Crippen LogP contribution in [0.3, 0.4) is 0 Å². The second-order valence-electron chi connectivity index (χ2n) is 3.90. The molecule has 0 N–H and O–H groups in total. The summed E-state index contributed by atoms with van der Waals surface area (Å²) in [5.41, 5.74) is 1.13. The number of benzene rings is 1. The molecule has 0 aliphatic carbocycles. The molecule has 4 nitrogen and oxygen atoms in total. The zero-order valence-corrected chi connectivity index (χ0v) is 13.6. The molecule has 0 aromatic heterocycles. The SMILES string of the molecule is COCCOCCOC(CI)c1cccc(OC)c1. The zero-order chi connectivity index (χ0) is 13.9. The third-order valence-corrected chi connectivity index (χ3v) is 3.38. The van der Waals surface area contributed by atoms with E-state index < -0.39 is 0 Å². The van der Waals surface area contributed by atoms with E-state index in [0.29, 0.717) is 26.4 Å². The van der Waals surface area contributed by atoms with E-state index in [4.69, 9.17) is 18.9 Å². The molecule has 0 aliphatic heterocycles. The van der Waals surface area contributed by atoms with Crippen molar-refractivity contribution in [3.63, 3.8) is 0 Å². The number of rotatable bonds is 10. The molecule has 0 saturated carbocycles. The molecule has 1 aromatic rings. The average molecular weight is 380 g/mol. The van der Waals surface area contributed by atoms with Crippen molar-refractivity contribution in [2.45, 2.75) is 6.10 Å². The van der Waals surface area contributed by atoms with Crippen LogP contribution in [0.2, 0.25) is 0 Å². The van der Waals surface area contributed by atoms with E-state index in [0.717, 1.165) is 15.7 Å². The summed E-state index contributed by atoms with van der Waals surface area (Å²) in [4.78, 5) is 0. The maximum atomic E-state index is 5.83. The topological polar surface area (TPSA) is 36.9 Å². The van der Waals surface area contributed by atoms with Gasteiger partial charge in [-0.1, -0.05) is 34.7 Å². The fourth-order valence-corrected chi connectivity index (χ4v) is 2.33. The van der Waals surface area contributed by atoms with E-state index in [1.54, 1.807) is 14.2 Å². The Bertz CT molecular complexity index is 346. The first-order valence-electron chi connectivity index (χ1n) is 6.20. The monoisotopic (exact) mass is 380 g/mol. The number of ether oxygens (including phenoxy) is 4. The molecule has 0 bridgehead atoms. The highest BCUT2D eigenvalue weighted by atomic mass is 127. The van der Waals surface area contributed by atoms with Crippen molar-refractivity contribution in [1.29, 1.82) is 0 Å². The number of alkyl halides is 1. The van der Waals surface area contributed by atoms with Crippen LogP contribution in [0.4, 0.5) is 0 Å². The lowest BCUT2D eigenvalue weighted by Crippen LogP contribution is -2.12. The summed E-state index contributed by atoms with van der Waals surface area (Å²) >= 11 is 2.32. The fourth-order valence-electron chi connectivity index (χ4n) is 1.57. The van der Waals surface area contributed by atoms with Gasteiger partial charge in [-0.25, -0.2) is 0 Å². The number of hydrogen-bond donors (Lipinski definition) is 0. The molecule has 0 aliphatic rings. The van der Waals surface area contributed by atoms with Crippen molar-refractivity contribution in [2.24, 2.45) is 0 Å². The standard InChI is InChI=1S/C14H21IO4/c1-16-6-7-18-8-9-19-14(11-15)12-4-3-5-13(10-12)17-2/h3-5,10,14H,6-9,11H2,1-2H3. The molecule has 0 fully saturated rings. The Morgan fingerprint density at radius 1 is 1.11 bits per heavy atom. The number of halogens is 1. The molecule has 108 valence electrons. The molecule has 0 radical (unpaired) electrons. The first-order valence-corrected chi connectivity index (χ1v) is 7.72. The lowest BCUT2D eigenvalue weighted by molar-refractivity contribution is 0.00118. The van der Waals surface area contributed by atoms with Crippen LogP contribution in [0.5, 0.6) is 5.75 Å². The quantitative estimate of drug-likeness (QED) is 0.356. The van der Waals surface area contributed by atoms with Gasteiger partial charge in [-0.2, -0.15) is 0 Å². The van der Waals surface area contributed by atoms with E-state index >= 15 is 0 Å². The van der Waals surface area contributed by atoms with Gasteiger partial charge < -0.3 is 18.9 Å². The maximum absolute atomic E-state index is 5.83. The highest BCUT2D eigenvalue weighted by Crippen LogP contribution is 2.23. The van der Waals surface area contributed by atoms with Crippen molar-refractivity contribution in [1.82, 2.24) is 0 Å². The number of methoxy groups -OCH3 is 2. The second-order valence-corrected chi connectivity index (χ2v) is 4.78. The summed E-state index contributed by atoms with van der Waals surface area (Å²) in [5, 5.41) is 0. The van der Waals surface area contributed by atoms with Crippen LogP contribution < -0.4 is 4.74 Å². The van der Waals surface area contributed by atoms with Crippen molar-refractivity contribution >= 4 is 22.6 Å². The second kappa shape index (κ2) is 10.4. The molecule has 1 unspecified atom stereocenters. The van der Waals surface area contributed by atoms with E-state index in [1.807, 2.05) is 18.2 Å². The van der Waals surface area contributed by atoms with E-state index in [2.05, 4.69) is 28.7 Å². The summed E-state index contributed by atoms with van der Waals surface area (Å²) in [7, 11) is 3.33. The van der Waals surface area contributed by atoms with Gasteiger partial charge in [0.2, 0.25) is 0 Å². The molecule has 19 heavy (non-hydrogen) atoms. The molecule has 0 heterocycles. The van der Waals surface area contributed by atoms with E-state index in [1.165, 1.54) is 0 Å². The summed E-state index contributed by atoms with van der Waals surface area (Å²) in [5.74, 6) is 0.854. The van der Waals surface area contributed by atoms with Crippen molar-refractivity contribution in [3.8, 4) is 5.75 Å². The molecule has 5 heteroatoms. The largest absolute Gasteiger partial charge is 0.497 e. The minimum atomic E-state index is 0.0710. The minimum absolute atomic E-state index is 0.0710. The normalized spacial score (nSPS) is 12.4. The van der Waals surface area contributed by atoms with Crippen LogP contribution in [0.25, 0.3) is 0 Å². The van der Waals surface area contributed by atoms with Crippen LogP contribution in [0.1, 0.15) is 11.7 Å². The molecule has 1 rings (SSSR count). The van der Waals surface area contributed by atoms with Gasteiger partial charge in [0, 0.05) is 11.5 Å². The van der Waals surface area contributed by atoms with Crippen LogP contribution in [0, 0.1) is 0 Å². The predicted molar refractivity (Wildman–Crippen MR) is 83.3 cm³/mol. The first-order chi connectivity index (χ1) is 9.31. The Morgan fingerprint density at radius 2 is 1.89 bits per heavy atom. The van der Waals surface area contributed by atoms with Gasteiger partial charge >= 0.3 is 0 Å². The number of hydrogen-bond acceptors (Lipinski definition) is 4. The first kappa shape index (κ1) is 16.7. The van der Waals surface area contributed by atoms with Crippen molar-refractivity contribution < 1.29 is 18.9 Å². The van der Waals surface area contributed by atoms with Crippen LogP contribution in [-0.4, -0.2) is 45.1 Å². The van der Waals surface area contributed by atoms with Gasteiger partial charge in [-0.05, 0) is 17.7 Å². The Balaban J connectivity index is 2.35. The molecular weight excluding hydrogens is 359 g/mol. The minimum Gasteiger partial charge on any atom is -0.497 e. The highest BCUT2D eigenvalue weighted by Gasteiger charge is 2.11. The van der Waals surface area contributed by atoms with Crippen LogP contribution >= 0.6 is 22.6 Å². The van der Waals surface area contributed by atoms with Gasteiger partial charge in [0.05, 0.1) is 39.6 Å². The maximum Gasteiger partial charge on any atom is 0.119 e. The molecule has 1 aromatic carbocycles. The molecule has 1 atom stereocenters. The molecule has 0 amide bonds. The molecular formula is C14H21IO4. The van der Waals surface area contributed by atoms with Crippen LogP contribution in [-0.2, 0) is 14.2 Å². The summed E-state index contributed by atoms with van der Waals surface area (Å²) in [6.07, 6.45) is 0.0710. The summed E-state index contributed by atoms with van der Waals surface area (Å²) < 4.78 is 22.2. The third kappa shape index (κ3) is 6.56.